The number of carbonyl (C=O) groups excluding carboxylic acids is 4. The van der Waals surface area contributed by atoms with Crippen molar-refractivity contribution in [1.29, 1.82) is 0 Å². The summed E-state index contributed by atoms with van der Waals surface area (Å²) < 4.78 is 33.0. The van der Waals surface area contributed by atoms with Crippen LogP contribution in [0.5, 0.6) is 0 Å². The van der Waals surface area contributed by atoms with E-state index in [1.807, 2.05) is 6.07 Å². The lowest BCUT2D eigenvalue weighted by Crippen LogP contribution is -2.48. The monoisotopic (exact) mass is 684 g/mol. The maximum atomic E-state index is 13.9. The number of fused-ring (bicyclic) bond motifs is 1. The lowest BCUT2D eigenvalue weighted by Gasteiger charge is -2.28. The van der Waals surface area contributed by atoms with Crippen LogP contribution >= 0.6 is 11.6 Å². The van der Waals surface area contributed by atoms with Gasteiger partial charge in [0.1, 0.15) is 24.1 Å². The number of anilines is 1. The number of amides is 3. The van der Waals surface area contributed by atoms with Crippen molar-refractivity contribution in [2.75, 3.05) is 25.5 Å². The van der Waals surface area contributed by atoms with E-state index >= 15 is 0 Å². The highest BCUT2D eigenvalue weighted by molar-refractivity contribution is 6.31. The van der Waals surface area contributed by atoms with Crippen molar-refractivity contribution in [2.45, 2.75) is 18.9 Å². The lowest BCUT2D eigenvalue weighted by atomic mass is 10.0. The molecule has 0 saturated heterocycles. The number of nitrogens with zero attached hydrogens (tertiary/aromatic N) is 2. The van der Waals surface area contributed by atoms with Crippen LogP contribution in [0.2, 0.25) is 5.02 Å². The topological polar surface area (TPSA) is 118 Å². The third-order valence-electron chi connectivity index (χ3n) is 7.85. The first-order chi connectivity index (χ1) is 23.6. The van der Waals surface area contributed by atoms with Gasteiger partial charge in [-0.25, -0.2) is 18.6 Å². The predicted octanol–water partition coefficient (Wildman–Crippen LogP) is 6.84. The number of aryl methyl sites for hydroxylation is 1. The van der Waals surface area contributed by atoms with Gasteiger partial charge in [0.2, 0.25) is 5.91 Å². The zero-order valence-electron chi connectivity index (χ0n) is 26.3. The summed E-state index contributed by atoms with van der Waals surface area (Å²) in [6.45, 7) is -0.422. The van der Waals surface area contributed by atoms with Crippen LogP contribution in [0.1, 0.15) is 38.3 Å². The number of halogens is 3. The molecule has 1 atom stereocenters. The first-order valence-corrected chi connectivity index (χ1v) is 15.6. The number of aromatic nitrogens is 1. The summed E-state index contributed by atoms with van der Waals surface area (Å²) in [6, 6.07) is 24.1. The van der Waals surface area contributed by atoms with Crippen LogP contribution in [0, 0.1) is 11.6 Å². The molecule has 0 aliphatic rings. The zero-order chi connectivity index (χ0) is 34.9. The van der Waals surface area contributed by atoms with Gasteiger partial charge < -0.3 is 15.0 Å². The van der Waals surface area contributed by atoms with E-state index in [2.05, 4.69) is 15.6 Å². The average molecular weight is 685 g/mol. The van der Waals surface area contributed by atoms with Gasteiger partial charge in [-0.2, -0.15) is 0 Å². The molecule has 0 saturated carbocycles. The molecule has 5 rings (SSSR count). The van der Waals surface area contributed by atoms with Gasteiger partial charge in [0.15, 0.2) is 5.78 Å². The molecule has 250 valence electrons. The summed E-state index contributed by atoms with van der Waals surface area (Å²) in [6.07, 6.45) is 0.711. The van der Waals surface area contributed by atoms with Gasteiger partial charge in [0, 0.05) is 48.3 Å². The summed E-state index contributed by atoms with van der Waals surface area (Å²) in [7, 11) is 1.50. The van der Waals surface area contributed by atoms with E-state index in [4.69, 9.17) is 16.3 Å². The van der Waals surface area contributed by atoms with Gasteiger partial charge in [-0.05, 0) is 59.8 Å². The highest BCUT2D eigenvalue weighted by Crippen LogP contribution is 2.22. The van der Waals surface area contributed by atoms with Gasteiger partial charge in [-0.15, -0.1) is 0 Å². The third kappa shape index (κ3) is 9.02. The highest BCUT2D eigenvalue weighted by atomic mass is 35.5. The van der Waals surface area contributed by atoms with Gasteiger partial charge >= 0.3 is 6.09 Å². The number of benzene rings is 4. The van der Waals surface area contributed by atoms with Crippen molar-refractivity contribution >= 4 is 51.9 Å². The maximum absolute atomic E-state index is 13.9. The molecule has 0 radical (unpaired) electrons. The Morgan fingerprint density at radius 2 is 1.57 bits per heavy atom. The molecule has 12 heteroatoms. The molecule has 0 spiro atoms. The molecule has 2 N–H and O–H groups in total. The molecule has 4 aromatic carbocycles. The molecule has 0 unspecified atom stereocenters. The average Bonchev–Trinajstić information content (AvgIpc) is 3.11. The third-order valence-corrected chi connectivity index (χ3v) is 8.27. The number of ketones is 1. The Morgan fingerprint density at radius 1 is 0.857 bits per heavy atom. The molecule has 0 aliphatic heterocycles. The van der Waals surface area contributed by atoms with Crippen molar-refractivity contribution in [1.82, 2.24) is 15.2 Å². The van der Waals surface area contributed by atoms with E-state index in [9.17, 15) is 28.0 Å². The maximum Gasteiger partial charge on any atom is 0.412 e. The van der Waals surface area contributed by atoms with Crippen molar-refractivity contribution in [3.05, 3.63) is 142 Å². The van der Waals surface area contributed by atoms with E-state index in [1.54, 1.807) is 48.5 Å². The second-order valence-electron chi connectivity index (χ2n) is 11.1. The van der Waals surface area contributed by atoms with Crippen molar-refractivity contribution in [3.63, 3.8) is 0 Å². The predicted molar refractivity (Wildman–Crippen MR) is 182 cm³/mol. The Hall–Kier alpha value is -5.68. The quantitative estimate of drug-likeness (QED) is 0.139. The number of rotatable bonds is 12. The molecule has 1 heterocycles. The van der Waals surface area contributed by atoms with Crippen molar-refractivity contribution < 1.29 is 32.7 Å². The fraction of sp³-hybridized carbons (Fsp3) is 0.162. The Morgan fingerprint density at radius 3 is 2.33 bits per heavy atom. The first-order valence-electron chi connectivity index (χ1n) is 15.2. The molecule has 49 heavy (non-hydrogen) atoms. The minimum Gasteiger partial charge on any atom is -0.447 e. The van der Waals surface area contributed by atoms with Crippen molar-refractivity contribution in [2.24, 2.45) is 0 Å². The van der Waals surface area contributed by atoms with Crippen LogP contribution in [0.25, 0.3) is 10.8 Å². The van der Waals surface area contributed by atoms with Crippen LogP contribution in [0.3, 0.4) is 0 Å². The fourth-order valence-electron chi connectivity index (χ4n) is 5.01. The Kier molecular flexibility index (Phi) is 11.3. The van der Waals surface area contributed by atoms with Gasteiger partial charge in [-0.1, -0.05) is 66.2 Å². The molecule has 0 aliphatic carbocycles. The molecule has 0 bridgehead atoms. The normalized spacial score (nSPS) is 11.4. The zero-order valence-corrected chi connectivity index (χ0v) is 27.0. The van der Waals surface area contributed by atoms with Crippen molar-refractivity contribution in [3.8, 4) is 0 Å². The van der Waals surface area contributed by atoms with Crippen LogP contribution in [-0.4, -0.2) is 59.8 Å². The number of hydrogen-bond donors (Lipinski definition) is 2. The largest absolute Gasteiger partial charge is 0.447 e. The second-order valence-corrected chi connectivity index (χ2v) is 11.5. The summed E-state index contributed by atoms with van der Waals surface area (Å²) in [4.78, 5) is 57.2. The minimum absolute atomic E-state index is 0.0369. The molecule has 0 fully saturated rings. The highest BCUT2D eigenvalue weighted by Gasteiger charge is 2.24. The van der Waals surface area contributed by atoms with Gasteiger partial charge in [0.25, 0.3) is 5.91 Å². The standard InChI is InChI=1S/C37H31ClF2N4O5/c1-44(33(45)17-15-23-8-5-9-31(40)34(23)38)30(22-49-37(48)43-32-19-28-18-29(39)16-14-27(28)20-41-32)21-42-36(47)26-12-10-25(11-13-26)35(46)24-6-3-2-4-7-24/h2-14,16,18-20,30H,15,17,21-22H2,1H3,(H,42,47)(H,41,43,48)/t30-/m0/s1. The number of likely N-dealkylation sites (N-methyl/N-ethyl adjacent to an activating group) is 1. The summed E-state index contributed by atoms with van der Waals surface area (Å²) in [5.41, 5.74) is 1.66. The summed E-state index contributed by atoms with van der Waals surface area (Å²) in [5.74, 6) is -1.95. The Bertz CT molecular complexity index is 1990. The molecule has 1 aromatic heterocycles. The van der Waals surface area contributed by atoms with E-state index in [0.717, 1.165) is 0 Å². The molecule has 3 amide bonds. The number of hydrogen-bond acceptors (Lipinski definition) is 6. The summed E-state index contributed by atoms with van der Waals surface area (Å²) in [5, 5.41) is 6.37. The van der Waals surface area contributed by atoms with E-state index < -0.39 is 29.7 Å². The van der Waals surface area contributed by atoms with E-state index in [0.29, 0.717) is 27.5 Å². The Labute approximate surface area is 285 Å². The van der Waals surface area contributed by atoms with E-state index in [1.165, 1.54) is 60.6 Å². The smallest absolute Gasteiger partial charge is 0.412 e. The number of ether oxygens (including phenoxy) is 1. The van der Waals surface area contributed by atoms with Crippen LogP contribution in [0.15, 0.2) is 103 Å². The second kappa shape index (κ2) is 15.9. The van der Waals surface area contributed by atoms with E-state index in [-0.39, 0.29) is 54.1 Å². The molecule has 5 aromatic rings. The van der Waals surface area contributed by atoms with Crippen LogP contribution in [0.4, 0.5) is 19.4 Å². The molecular formula is C37H31ClF2N4O5. The number of nitrogens with one attached hydrogen (secondary N) is 2. The molecule has 9 nitrogen and oxygen atoms in total. The van der Waals surface area contributed by atoms with Crippen LogP contribution in [-0.2, 0) is 16.0 Å². The Balaban J connectivity index is 1.24. The summed E-state index contributed by atoms with van der Waals surface area (Å²) >= 11 is 6.06. The SMILES string of the molecule is CN(C(=O)CCc1cccc(F)c1Cl)[C@@H](CNC(=O)c1ccc(C(=O)c2ccccc2)cc1)COC(=O)Nc1cc2cc(F)ccc2cn1. The van der Waals surface area contributed by atoms with Gasteiger partial charge in [0.05, 0.1) is 11.1 Å². The number of carbonyl (C=O) groups is 4. The van der Waals surface area contributed by atoms with Gasteiger partial charge in [-0.3, -0.25) is 19.7 Å². The number of pyridine rings is 1. The minimum atomic E-state index is -0.884. The fourth-order valence-corrected chi connectivity index (χ4v) is 5.23. The first kappa shape index (κ1) is 34.6. The lowest BCUT2D eigenvalue weighted by molar-refractivity contribution is -0.132. The van der Waals surface area contributed by atoms with Crippen LogP contribution < -0.4 is 10.6 Å². The molecular weight excluding hydrogens is 654 g/mol.